The minimum atomic E-state index is -0.0370. The molecule has 1 aliphatic rings. The molecular formula is C22H29N3O. The third-order valence-corrected chi connectivity index (χ3v) is 5.27. The Morgan fingerprint density at radius 2 is 2.08 bits per heavy atom. The van der Waals surface area contributed by atoms with Crippen molar-refractivity contribution in [3.05, 3.63) is 53.9 Å². The quantitative estimate of drug-likeness (QED) is 0.774. The van der Waals surface area contributed by atoms with Gasteiger partial charge in [0.25, 0.3) is 5.91 Å². The zero-order valence-electron chi connectivity index (χ0n) is 16.1. The molecule has 0 spiro atoms. The van der Waals surface area contributed by atoms with E-state index in [-0.39, 0.29) is 5.91 Å². The van der Waals surface area contributed by atoms with Gasteiger partial charge in [-0.3, -0.25) is 9.78 Å². The van der Waals surface area contributed by atoms with Crippen molar-refractivity contribution in [3.63, 3.8) is 0 Å². The number of aromatic nitrogens is 1. The zero-order chi connectivity index (χ0) is 18.5. The first-order chi connectivity index (χ1) is 12.6. The minimum absolute atomic E-state index is 0.0370. The first kappa shape index (κ1) is 18.4. The minimum Gasteiger partial charge on any atom is -0.368 e. The number of nitrogens with zero attached hydrogens (tertiary/aromatic N) is 3. The van der Waals surface area contributed by atoms with Crippen LogP contribution in [0.4, 0.5) is 11.4 Å². The maximum Gasteiger partial charge on any atom is 0.276 e. The lowest BCUT2D eigenvalue weighted by Crippen LogP contribution is -2.39. The predicted octanol–water partition coefficient (Wildman–Crippen LogP) is 4.83. The van der Waals surface area contributed by atoms with Gasteiger partial charge < -0.3 is 9.80 Å². The van der Waals surface area contributed by atoms with E-state index >= 15 is 0 Å². The lowest BCUT2D eigenvalue weighted by Gasteiger charge is -2.37. The average molecular weight is 351 g/mol. The fourth-order valence-corrected chi connectivity index (χ4v) is 3.86. The summed E-state index contributed by atoms with van der Waals surface area (Å²) in [5.74, 6) is -0.0370. The smallest absolute Gasteiger partial charge is 0.276 e. The molecule has 1 saturated heterocycles. The molecule has 1 aliphatic heterocycles. The van der Waals surface area contributed by atoms with Crippen molar-refractivity contribution < 1.29 is 4.79 Å². The van der Waals surface area contributed by atoms with E-state index in [1.165, 1.54) is 19.3 Å². The van der Waals surface area contributed by atoms with Crippen molar-refractivity contribution in [1.82, 2.24) is 4.98 Å². The molecule has 0 aliphatic carbocycles. The molecule has 1 aromatic carbocycles. The monoisotopic (exact) mass is 351 g/mol. The third-order valence-electron chi connectivity index (χ3n) is 5.27. The number of rotatable bonds is 5. The molecule has 0 bridgehead atoms. The number of piperidine rings is 1. The summed E-state index contributed by atoms with van der Waals surface area (Å²) in [5.41, 5.74) is 3.71. The molecule has 2 aromatic rings. The van der Waals surface area contributed by atoms with Crippen LogP contribution in [0.1, 0.15) is 55.6 Å². The Morgan fingerprint density at radius 3 is 2.81 bits per heavy atom. The first-order valence-electron chi connectivity index (χ1n) is 9.75. The van der Waals surface area contributed by atoms with Crippen LogP contribution in [0.15, 0.2) is 42.6 Å². The topological polar surface area (TPSA) is 36.4 Å². The van der Waals surface area contributed by atoms with E-state index in [1.807, 2.05) is 50.2 Å². The second-order valence-electron chi connectivity index (χ2n) is 7.04. The normalized spacial score (nSPS) is 17.2. The number of carbonyl (C=O) groups is 1. The highest BCUT2D eigenvalue weighted by atomic mass is 16.2. The number of amides is 1. The fraction of sp³-hybridized carbons (Fsp3) is 0.455. The Morgan fingerprint density at radius 1 is 1.23 bits per heavy atom. The Labute approximate surface area is 156 Å². The summed E-state index contributed by atoms with van der Waals surface area (Å²) in [4.78, 5) is 21.8. The molecule has 2 heterocycles. The number of hydrogen-bond donors (Lipinski definition) is 0. The summed E-state index contributed by atoms with van der Waals surface area (Å²) in [6.07, 6.45) is 6.64. The third kappa shape index (κ3) is 3.90. The zero-order valence-corrected chi connectivity index (χ0v) is 16.1. The molecule has 0 N–H and O–H groups in total. The van der Waals surface area contributed by atoms with Crippen LogP contribution in [-0.4, -0.2) is 30.0 Å². The van der Waals surface area contributed by atoms with E-state index < -0.39 is 0 Å². The first-order valence-corrected chi connectivity index (χ1v) is 9.75. The number of anilines is 2. The van der Waals surface area contributed by atoms with Crippen LogP contribution in [0, 0.1) is 6.92 Å². The molecule has 1 aromatic heterocycles. The van der Waals surface area contributed by atoms with Crippen molar-refractivity contribution in [1.29, 1.82) is 0 Å². The van der Waals surface area contributed by atoms with Gasteiger partial charge in [0.2, 0.25) is 0 Å². The number of aryl methyl sites for hydroxylation is 1. The van der Waals surface area contributed by atoms with E-state index in [2.05, 4.69) is 16.8 Å². The number of pyridine rings is 1. The summed E-state index contributed by atoms with van der Waals surface area (Å²) >= 11 is 0. The van der Waals surface area contributed by atoms with E-state index in [0.717, 1.165) is 29.9 Å². The molecule has 1 fully saturated rings. The summed E-state index contributed by atoms with van der Waals surface area (Å²) in [5, 5.41) is 0. The number of benzene rings is 1. The van der Waals surface area contributed by atoms with Gasteiger partial charge in [-0.15, -0.1) is 0 Å². The van der Waals surface area contributed by atoms with Crippen LogP contribution in [0.25, 0.3) is 0 Å². The van der Waals surface area contributed by atoms with Crippen LogP contribution in [0.2, 0.25) is 0 Å². The van der Waals surface area contributed by atoms with Gasteiger partial charge in [-0.05, 0) is 69.4 Å². The molecule has 1 amide bonds. The molecule has 4 heteroatoms. The van der Waals surface area contributed by atoms with Crippen molar-refractivity contribution in [2.45, 2.75) is 52.5 Å². The Hall–Kier alpha value is -2.36. The van der Waals surface area contributed by atoms with Crippen LogP contribution in [-0.2, 0) is 0 Å². The number of carbonyl (C=O) groups excluding carboxylic acids is 1. The second kappa shape index (κ2) is 8.35. The van der Waals surface area contributed by atoms with E-state index in [4.69, 9.17) is 0 Å². The second-order valence-corrected chi connectivity index (χ2v) is 7.04. The molecule has 0 radical (unpaired) electrons. The lowest BCUT2D eigenvalue weighted by molar-refractivity contribution is 0.0983. The van der Waals surface area contributed by atoms with Crippen LogP contribution < -0.4 is 9.80 Å². The van der Waals surface area contributed by atoms with E-state index in [1.54, 1.807) is 11.1 Å². The van der Waals surface area contributed by atoms with E-state index in [9.17, 15) is 4.79 Å². The summed E-state index contributed by atoms with van der Waals surface area (Å²) < 4.78 is 0. The summed E-state index contributed by atoms with van der Waals surface area (Å²) in [6, 6.07) is 12.6. The van der Waals surface area contributed by atoms with Gasteiger partial charge in [-0.25, -0.2) is 0 Å². The van der Waals surface area contributed by atoms with Crippen LogP contribution in [0.5, 0.6) is 0 Å². The largest absolute Gasteiger partial charge is 0.368 e. The van der Waals surface area contributed by atoms with Crippen LogP contribution >= 0.6 is 0 Å². The van der Waals surface area contributed by atoms with Gasteiger partial charge in [0.15, 0.2) is 0 Å². The highest BCUT2D eigenvalue weighted by Gasteiger charge is 2.23. The van der Waals surface area contributed by atoms with Crippen molar-refractivity contribution >= 4 is 17.3 Å². The summed E-state index contributed by atoms with van der Waals surface area (Å²) in [6.45, 7) is 7.97. The standard InChI is InChI=1S/C22H29N3O/c1-4-18-10-6-7-14-25(18)20-12-13-23-21(16-20)22(26)24(5-2)19-11-8-9-17(3)15-19/h8-9,11-13,15-16,18H,4-7,10,14H2,1-3H3. The van der Waals surface area contributed by atoms with Gasteiger partial charge in [0.1, 0.15) is 5.69 Å². The molecule has 0 saturated carbocycles. The van der Waals surface area contributed by atoms with Gasteiger partial charge in [-0.2, -0.15) is 0 Å². The molecule has 1 atom stereocenters. The highest BCUT2D eigenvalue weighted by Crippen LogP contribution is 2.27. The van der Waals surface area contributed by atoms with Crippen molar-refractivity contribution in [2.24, 2.45) is 0 Å². The van der Waals surface area contributed by atoms with Crippen molar-refractivity contribution in [2.75, 3.05) is 22.9 Å². The van der Waals surface area contributed by atoms with E-state index in [0.29, 0.717) is 18.3 Å². The van der Waals surface area contributed by atoms with Gasteiger partial charge in [-0.1, -0.05) is 19.1 Å². The number of hydrogen-bond acceptors (Lipinski definition) is 3. The molecule has 4 nitrogen and oxygen atoms in total. The van der Waals surface area contributed by atoms with Crippen molar-refractivity contribution in [3.8, 4) is 0 Å². The maximum atomic E-state index is 13.1. The maximum absolute atomic E-state index is 13.1. The highest BCUT2D eigenvalue weighted by molar-refractivity contribution is 6.05. The Kier molecular flexibility index (Phi) is 5.92. The molecule has 138 valence electrons. The van der Waals surface area contributed by atoms with Crippen LogP contribution in [0.3, 0.4) is 0 Å². The van der Waals surface area contributed by atoms with Gasteiger partial charge in [0, 0.05) is 36.7 Å². The van der Waals surface area contributed by atoms with Gasteiger partial charge >= 0.3 is 0 Å². The predicted molar refractivity (Wildman–Crippen MR) is 108 cm³/mol. The molecule has 26 heavy (non-hydrogen) atoms. The fourth-order valence-electron chi connectivity index (χ4n) is 3.86. The Bertz CT molecular complexity index is 759. The molecule has 3 rings (SSSR count). The average Bonchev–Trinajstić information content (AvgIpc) is 2.68. The Balaban J connectivity index is 1.87. The lowest BCUT2D eigenvalue weighted by atomic mass is 9.99. The summed E-state index contributed by atoms with van der Waals surface area (Å²) in [7, 11) is 0. The molecular weight excluding hydrogens is 322 g/mol. The SMILES string of the molecule is CCC1CCCCN1c1ccnc(C(=O)N(CC)c2cccc(C)c2)c1. The molecule has 1 unspecified atom stereocenters. The van der Waals surface area contributed by atoms with Gasteiger partial charge in [0.05, 0.1) is 0 Å².